The molecule has 4 rings (SSSR count). The molecule has 1 atom stereocenters. The van der Waals surface area contributed by atoms with Crippen molar-refractivity contribution in [2.24, 2.45) is 5.10 Å². The minimum absolute atomic E-state index is 0.00597. The number of carbonyl (C=O) groups is 2. The van der Waals surface area contributed by atoms with Crippen molar-refractivity contribution >= 4 is 17.5 Å². The van der Waals surface area contributed by atoms with Gasteiger partial charge < -0.3 is 14.1 Å². The molecule has 0 saturated carbocycles. The van der Waals surface area contributed by atoms with Crippen LogP contribution in [0.2, 0.25) is 0 Å². The number of nitrogens with zero attached hydrogens (tertiary/aromatic N) is 4. The molecule has 1 fully saturated rings. The Morgan fingerprint density at radius 2 is 1.81 bits per heavy atom. The van der Waals surface area contributed by atoms with Crippen molar-refractivity contribution in [3.05, 3.63) is 59.5 Å². The summed E-state index contributed by atoms with van der Waals surface area (Å²) in [5.41, 5.74) is 3.01. The van der Waals surface area contributed by atoms with Gasteiger partial charge in [0.1, 0.15) is 11.8 Å². The molecule has 2 amide bonds. The summed E-state index contributed by atoms with van der Waals surface area (Å²) in [5.74, 6) is 0.540. The van der Waals surface area contributed by atoms with Crippen LogP contribution in [-0.4, -0.2) is 78.8 Å². The molecule has 164 valence electrons. The number of furan rings is 1. The van der Waals surface area contributed by atoms with Gasteiger partial charge in [0.25, 0.3) is 5.91 Å². The Morgan fingerprint density at radius 3 is 2.48 bits per heavy atom. The average molecular weight is 425 g/mol. The average Bonchev–Trinajstić information content (AvgIpc) is 3.45. The molecule has 0 aliphatic carbocycles. The Hall–Kier alpha value is -2.97. The Bertz CT molecular complexity index is 933. The maximum absolute atomic E-state index is 13.1. The van der Waals surface area contributed by atoms with Gasteiger partial charge in [-0.1, -0.05) is 29.8 Å². The third-order valence-corrected chi connectivity index (χ3v) is 5.60. The second kappa shape index (κ2) is 9.45. The lowest BCUT2D eigenvalue weighted by Gasteiger charge is -2.29. The molecule has 8 nitrogen and oxygen atoms in total. The van der Waals surface area contributed by atoms with Gasteiger partial charge in [0.15, 0.2) is 0 Å². The normalized spacial score (nSPS) is 19.1. The van der Waals surface area contributed by atoms with Crippen LogP contribution in [0.25, 0.3) is 0 Å². The summed E-state index contributed by atoms with van der Waals surface area (Å²) in [4.78, 5) is 29.1. The van der Waals surface area contributed by atoms with Gasteiger partial charge in [-0.15, -0.1) is 0 Å². The van der Waals surface area contributed by atoms with Crippen LogP contribution in [0.3, 0.4) is 0 Å². The van der Waals surface area contributed by atoms with Crippen LogP contribution in [0.15, 0.2) is 52.2 Å². The van der Waals surface area contributed by atoms with E-state index in [0.717, 1.165) is 11.3 Å². The quantitative estimate of drug-likeness (QED) is 0.709. The van der Waals surface area contributed by atoms with Gasteiger partial charge in [-0.25, -0.2) is 5.01 Å². The van der Waals surface area contributed by atoms with E-state index in [-0.39, 0.29) is 30.9 Å². The minimum Gasteiger partial charge on any atom is -0.467 e. The zero-order valence-electron chi connectivity index (χ0n) is 18.0. The van der Waals surface area contributed by atoms with Gasteiger partial charge in [-0.05, 0) is 31.7 Å². The second-order valence-corrected chi connectivity index (χ2v) is 8.05. The highest BCUT2D eigenvalue weighted by atomic mass is 16.5. The van der Waals surface area contributed by atoms with E-state index in [2.05, 4.69) is 5.10 Å². The van der Waals surface area contributed by atoms with E-state index in [9.17, 15) is 9.59 Å². The van der Waals surface area contributed by atoms with Crippen LogP contribution >= 0.6 is 0 Å². The third-order valence-electron chi connectivity index (χ3n) is 5.60. The van der Waals surface area contributed by atoms with Crippen LogP contribution in [-0.2, 0) is 14.3 Å². The van der Waals surface area contributed by atoms with Crippen LogP contribution in [0, 0.1) is 6.92 Å². The molecule has 0 radical (unpaired) electrons. The lowest BCUT2D eigenvalue weighted by molar-refractivity contribution is -0.138. The molecule has 0 unspecified atom stereocenters. The fourth-order valence-electron chi connectivity index (χ4n) is 3.87. The maximum Gasteiger partial charge on any atom is 0.257 e. The lowest BCUT2D eigenvalue weighted by Crippen LogP contribution is -2.46. The van der Waals surface area contributed by atoms with Crippen LogP contribution in [0.4, 0.5) is 0 Å². The number of amides is 2. The number of hydrazone groups is 1. The Labute approximate surface area is 182 Å². The molecule has 2 aliphatic rings. The van der Waals surface area contributed by atoms with Crippen molar-refractivity contribution in [3.8, 4) is 0 Å². The van der Waals surface area contributed by atoms with Crippen LogP contribution in [0.1, 0.15) is 29.3 Å². The van der Waals surface area contributed by atoms with Crippen molar-refractivity contribution in [3.63, 3.8) is 0 Å². The molecular weight excluding hydrogens is 396 g/mol. The highest BCUT2D eigenvalue weighted by Crippen LogP contribution is 2.33. The first kappa shape index (κ1) is 21.3. The van der Waals surface area contributed by atoms with Crippen LogP contribution in [0.5, 0.6) is 0 Å². The number of likely N-dealkylation sites (N-methyl/N-ethyl adjacent to an activating group) is 1. The van der Waals surface area contributed by atoms with E-state index in [4.69, 9.17) is 9.15 Å². The summed E-state index contributed by atoms with van der Waals surface area (Å²) >= 11 is 0. The molecular formula is C23H28N4O4. The van der Waals surface area contributed by atoms with E-state index in [1.165, 1.54) is 10.6 Å². The summed E-state index contributed by atoms with van der Waals surface area (Å²) in [5, 5.41) is 6.15. The number of hydrogen-bond acceptors (Lipinski definition) is 6. The Morgan fingerprint density at radius 1 is 1.10 bits per heavy atom. The first-order chi connectivity index (χ1) is 15.0. The molecule has 2 aliphatic heterocycles. The molecule has 3 heterocycles. The number of carbonyl (C=O) groups excluding carboxylic acids is 2. The summed E-state index contributed by atoms with van der Waals surface area (Å²) < 4.78 is 10.9. The Kier molecular flexibility index (Phi) is 6.48. The summed E-state index contributed by atoms with van der Waals surface area (Å²) in [6.45, 7) is 4.62. The minimum atomic E-state index is -0.290. The molecule has 1 saturated heterocycles. The highest BCUT2D eigenvalue weighted by Gasteiger charge is 2.35. The van der Waals surface area contributed by atoms with Gasteiger partial charge in [0, 0.05) is 19.5 Å². The molecule has 2 aromatic rings. The first-order valence-corrected chi connectivity index (χ1v) is 10.6. The van der Waals surface area contributed by atoms with Gasteiger partial charge >= 0.3 is 0 Å². The number of hydrogen-bond donors (Lipinski definition) is 0. The van der Waals surface area contributed by atoms with E-state index >= 15 is 0 Å². The van der Waals surface area contributed by atoms with Gasteiger partial charge in [0.05, 0.1) is 38.3 Å². The summed E-state index contributed by atoms with van der Waals surface area (Å²) in [6.07, 6.45) is 2.19. The van der Waals surface area contributed by atoms with Gasteiger partial charge in [-0.2, -0.15) is 5.10 Å². The second-order valence-electron chi connectivity index (χ2n) is 8.05. The van der Waals surface area contributed by atoms with Crippen LogP contribution < -0.4 is 0 Å². The third kappa shape index (κ3) is 5.03. The van der Waals surface area contributed by atoms with E-state index < -0.39 is 0 Å². The van der Waals surface area contributed by atoms with Crippen molar-refractivity contribution in [2.45, 2.75) is 19.4 Å². The monoisotopic (exact) mass is 424 g/mol. The fraction of sp³-hybridized carbons (Fsp3) is 0.435. The molecule has 0 bridgehead atoms. The SMILES string of the molecule is Cc1ccc(C2=NN(C(=O)CN(C)CC(=O)N3CCOCC3)[C@@H](c3ccco3)C2)cc1. The summed E-state index contributed by atoms with van der Waals surface area (Å²) in [7, 11) is 1.78. The topological polar surface area (TPSA) is 78.6 Å². The molecule has 1 aromatic heterocycles. The molecule has 31 heavy (non-hydrogen) atoms. The highest BCUT2D eigenvalue weighted by molar-refractivity contribution is 6.03. The van der Waals surface area contributed by atoms with Crippen molar-refractivity contribution in [1.82, 2.24) is 14.8 Å². The maximum atomic E-state index is 13.1. The van der Waals surface area contributed by atoms with E-state index in [0.29, 0.717) is 38.5 Å². The van der Waals surface area contributed by atoms with Crippen molar-refractivity contribution in [2.75, 3.05) is 46.4 Å². The van der Waals surface area contributed by atoms with Gasteiger partial charge in [-0.3, -0.25) is 14.5 Å². The van der Waals surface area contributed by atoms with E-state index in [1.807, 2.05) is 43.3 Å². The molecule has 0 spiro atoms. The predicted octanol–water partition coefficient (Wildman–Crippen LogP) is 2.06. The van der Waals surface area contributed by atoms with E-state index in [1.54, 1.807) is 23.1 Å². The Balaban J connectivity index is 1.45. The number of benzene rings is 1. The zero-order valence-corrected chi connectivity index (χ0v) is 18.0. The molecule has 1 aromatic carbocycles. The van der Waals surface area contributed by atoms with Crippen molar-refractivity contribution < 1.29 is 18.7 Å². The van der Waals surface area contributed by atoms with Gasteiger partial charge in [0.2, 0.25) is 5.91 Å². The largest absolute Gasteiger partial charge is 0.467 e. The number of ether oxygens (including phenoxy) is 1. The summed E-state index contributed by atoms with van der Waals surface area (Å²) in [6, 6.07) is 11.5. The zero-order chi connectivity index (χ0) is 21.8. The standard InChI is InChI=1S/C23H28N4O4/c1-17-5-7-18(8-6-17)19-14-20(21-4-3-11-31-21)27(24-19)23(29)16-25(2)15-22(28)26-9-12-30-13-10-26/h3-8,11,20H,9-10,12-16H2,1-2H3/t20-/m1/s1. The fourth-order valence-corrected chi connectivity index (χ4v) is 3.87. The predicted molar refractivity (Wildman–Crippen MR) is 116 cm³/mol. The lowest BCUT2D eigenvalue weighted by atomic mass is 10.0. The molecule has 8 heteroatoms. The first-order valence-electron chi connectivity index (χ1n) is 10.6. The molecule has 0 N–H and O–H groups in total. The smallest absolute Gasteiger partial charge is 0.257 e. The number of morpholine rings is 1. The number of rotatable bonds is 6. The van der Waals surface area contributed by atoms with Crippen molar-refractivity contribution in [1.29, 1.82) is 0 Å². The number of aryl methyl sites for hydroxylation is 1.